The topological polar surface area (TPSA) is 53.4 Å². The van der Waals surface area contributed by atoms with Crippen LogP contribution in [-0.2, 0) is 9.47 Å². The molecule has 0 N–H and O–H groups in total. The van der Waals surface area contributed by atoms with Crippen LogP contribution in [0.3, 0.4) is 0 Å². The predicted molar refractivity (Wildman–Crippen MR) is 77.1 cm³/mol. The van der Waals surface area contributed by atoms with Crippen LogP contribution in [0.2, 0.25) is 0 Å². The lowest BCUT2D eigenvalue weighted by atomic mass is 10.1. The summed E-state index contributed by atoms with van der Waals surface area (Å²) in [6.45, 7) is 3.79. The highest BCUT2D eigenvalue weighted by Crippen LogP contribution is 2.20. The number of imidazole rings is 1. The van der Waals surface area contributed by atoms with Crippen molar-refractivity contribution >= 4 is 5.97 Å². The minimum Gasteiger partial charge on any atom is -0.460 e. The van der Waals surface area contributed by atoms with Crippen molar-refractivity contribution in [2.24, 2.45) is 5.92 Å². The van der Waals surface area contributed by atoms with Crippen LogP contribution in [0.25, 0.3) is 0 Å². The summed E-state index contributed by atoms with van der Waals surface area (Å²) in [6, 6.07) is 10.0. The molecule has 1 saturated heterocycles. The van der Waals surface area contributed by atoms with Crippen LogP contribution in [0, 0.1) is 5.92 Å². The van der Waals surface area contributed by atoms with Gasteiger partial charge in [-0.05, 0) is 12.5 Å². The molecular formula is C16H18N2O3. The largest absolute Gasteiger partial charge is 0.460 e. The molecule has 1 fully saturated rings. The number of carbonyl (C=O) groups is 1. The summed E-state index contributed by atoms with van der Waals surface area (Å²) in [4.78, 5) is 16.3. The molecule has 5 nitrogen and oxygen atoms in total. The van der Waals surface area contributed by atoms with Crippen LogP contribution in [0.15, 0.2) is 42.9 Å². The van der Waals surface area contributed by atoms with E-state index in [0.717, 1.165) is 5.56 Å². The van der Waals surface area contributed by atoms with Crippen molar-refractivity contribution in [3.05, 3.63) is 54.1 Å². The maximum absolute atomic E-state index is 12.2. The molecule has 21 heavy (non-hydrogen) atoms. The first-order valence-corrected chi connectivity index (χ1v) is 7.07. The average molecular weight is 286 g/mol. The Morgan fingerprint density at radius 2 is 2.19 bits per heavy atom. The van der Waals surface area contributed by atoms with Gasteiger partial charge in [-0.3, -0.25) is 0 Å². The molecule has 3 rings (SSSR count). The van der Waals surface area contributed by atoms with E-state index in [1.54, 1.807) is 12.5 Å². The van der Waals surface area contributed by atoms with Gasteiger partial charge in [-0.1, -0.05) is 30.3 Å². The van der Waals surface area contributed by atoms with Crippen LogP contribution in [0.5, 0.6) is 0 Å². The summed E-state index contributed by atoms with van der Waals surface area (Å²) in [5.41, 5.74) is 1.60. The number of esters is 1. The van der Waals surface area contributed by atoms with Gasteiger partial charge in [-0.25, -0.2) is 9.78 Å². The number of ether oxygens (including phenoxy) is 2. The molecule has 0 amide bonds. The van der Waals surface area contributed by atoms with Crippen molar-refractivity contribution in [2.75, 3.05) is 19.8 Å². The molecule has 1 aromatic carbocycles. The maximum atomic E-state index is 12.2. The highest BCUT2D eigenvalue weighted by atomic mass is 16.5. The van der Waals surface area contributed by atoms with E-state index in [9.17, 15) is 4.79 Å². The van der Waals surface area contributed by atoms with E-state index in [4.69, 9.17) is 9.47 Å². The normalized spacial score (nSPS) is 16.2. The van der Waals surface area contributed by atoms with E-state index in [0.29, 0.717) is 31.4 Å². The van der Waals surface area contributed by atoms with Gasteiger partial charge in [0.2, 0.25) is 0 Å². The summed E-state index contributed by atoms with van der Waals surface area (Å²) in [5, 5.41) is 0. The summed E-state index contributed by atoms with van der Waals surface area (Å²) >= 11 is 0. The van der Waals surface area contributed by atoms with E-state index in [1.807, 2.05) is 41.8 Å². The zero-order valence-electron chi connectivity index (χ0n) is 11.9. The number of carbonyl (C=O) groups excluding carboxylic acids is 1. The Morgan fingerprint density at radius 3 is 2.86 bits per heavy atom. The van der Waals surface area contributed by atoms with E-state index < -0.39 is 0 Å². The van der Waals surface area contributed by atoms with Crippen molar-refractivity contribution in [1.29, 1.82) is 0 Å². The zero-order chi connectivity index (χ0) is 14.7. The van der Waals surface area contributed by atoms with Gasteiger partial charge < -0.3 is 14.0 Å². The molecule has 0 aliphatic carbocycles. The van der Waals surface area contributed by atoms with Gasteiger partial charge in [-0.15, -0.1) is 0 Å². The summed E-state index contributed by atoms with van der Waals surface area (Å²) in [6.07, 6.45) is 3.22. The van der Waals surface area contributed by atoms with Gasteiger partial charge >= 0.3 is 5.97 Å². The predicted octanol–water partition coefficient (Wildman–Crippen LogP) is 2.30. The molecule has 0 bridgehead atoms. The summed E-state index contributed by atoms with van der Waals surface area (Å²) < 4.78 is 12.2. The molecule has 110 valence electrons. The fourth-order valence-corrected chi connectivity index (χ4v) is 2.31. The molecule has 2 heterocycles. The lowest BCUT2D eigenvalue weighted by Gasteiger charge is -2.25. The molecule has 1 unspecified atom stereocenters. The van der Waals surface area contributed by atoms with Gasteiger partial charge in [0, 0.05) is 5.92 Å². The van der Waals surface area contributed by atoms with Gasteiger partial charge in [0.15, 0.2) is 0 Å². The van der Waals surface area contributed by atoms with Crippen LogP contribution in [-0.4, -0.2) is 35.3 Å². The minimum absolute atomic E-state index is 0.0308. The first-order valence-electron chi connectivity index (χ1n) is 7.07. The Labute approximate surface area is 123 Å². The third-order valence-electron chi connectivity index (χ3n) is 3.73. The minimum atomic E-state index is -0.331. The third-order valence-corrected chi connectivity index (χ3v) is 3.73. The Balaban J connectivity index is 1.72. The molecule has 1 aliphatic rings. The molecule has 1 aliphatic heterocycles. The maximum Gasteiger partial charge on any atom is 0.356 e. The quantitative estimate of drug-likeness (QED) is 0.791. The van der Waals surface area contributed by atoms with E-state index in [2.05, 4.69) is 4.98 Å². The number of rotatable bonds is 5. The first-order chi connectivity index (χ1) is 10.3. The number of nitrogens with zero attached hydrogens (tertiary/aromatic N) is 2. The third kappa shape index (κ3) is 2.97. The second-order valence-electron chi connectivity index (χ2n) is 5.27. The molecular weight excluding hydrogens is 268 g/mol. The molecule has 0 saturated carbocycles. The summed E-state index contributed by atoms with van der Waals surface area (Å²) in [7, 11) is 0. The summed E-state index contributed by atoms with van der Waals surface area (Å²) in [5.74, 6) is -0.000880. The zero-order valence-corrected chi connectivity index (χ0v) is 11.9. The fraction of sp³-hybridized carbons (Fsp3) is 0.375. The lowest BCUT2D eigenvalue weighted by Crippen LogP contribution is -2.32. The van der Waals surface area contributed by atoms with Gasteiger partial charge in [0.25, 0.3) is 0 Å². The van der Waals surface area contributed by atoms with Gasteiger partial charge in [0.05, 0.1) is 38.4 Å². The van der Waals surface area contributed by atoms with E-state index in [1.165, 1.54) is 0 Å². The Bertz CT molecular complexity index is 605. The average Bonchev–Trinajstić information content (AvgIpc) is 2.95. The Kier molecular flexibility index (Phi) is 4.01. The van der Waals surface area contributed by atoms with Crippen molar-refractivity contribution in [2.45, 2.75) is 13.0 Å². The molecule has 2 aromatic rings. The van der Waals surface area contributed by atoms with Crippen molar-refractivity contribution < 1.29 is 14.3 Å². The first kappa shape index (κ1) is 13.8. The van der Waals surface area contributed by atoms with Crippen LogP contribution < -0.4 is 0 Å². The lowest BCUT2D eigenvalue weighted by molar-refractivity contribution is -0.0616. The molecule has 0 spiro atoms. The van der Waals surface area contributed by atoms with Crippen LogP contribution in [0.1, 0.15) is 29.0 Å². The SMILES string of the molecule is CC(c1ccccc1)n1cncc1C(=O)OCC1COC1. The Morgan fingerprint density at radius 1 is 1.43 bits per heavy atom. The van der Waals surface area contributed by atoms with Gasteiger partial charge in [0.1, 0.15) is 5.69 Å². The molecule has 1 atom stereocenters. The number of benzene rings is 1. The smallest absolute Gasteiger partial charge is 0.356 e. The molecule has 1 aromatic heterocycles. The highest BCUT2D eigenvalue weighted by Gasteiger charge is 2.23. The van der Waals surface area contributed by atoms with E-state index >= 15 is 0 Å². The second kappa shape index (κ2) is 6.10. The van der Waals surface area contributed by atoms with Crippen molar-refractivity contribution in [3.8, 4) is 0 Å². The number of aromatic nitrogens is 2. The number of hydrogen-bond acceptors (Lipinski definition) is 4. The van der Waals surface area contributed by atoms with Crippen molar-refractivity contribution in [1.82, 2.24) is 9.55 Å². The monoisotopic (exact) mass is 286 g/mol. The van der Waals surface area contributed by atoms with Gasteiger partial charge in [-0.2, -0.15) is 0 Å². The van der Waals surface area contributed by atoms with Crippen LogP contribution in [0.4, 0.5) is 0 Å². The molecule has 0 radical (unpaired) electrons. The van der Waals surface area contributed by atoms with Crippen molar-refractivity contribution in [3.63, 3.8) is 0 Å². The van der Waals surface area contributed by atoms with Crippen LogP contribution >= 0.6 is 0 Å². The Hall–Kier alpha value is -2.14. The highest BCUT2D eigenvalue weighted by molar-refractivity contribution is 5.87. The second-order valence-corrected chi connectivity index (χ2v) is 5.27. The number of hydrogen-bond donors (Lipinski definition) is 0. The standard InChI is InChI=1S/C16H18N2O3/c1-12(14-5-3-2-4-6-14)18-11-17-7-15(18)16(19)21-10-13-8-20-9-13/h2-7,11-13H,8-10H2,1H3. The van der Waals surface area contributed by atoms with E-state index in [-0.39, 0.29) is 12.0 Å². The molecule has 5 heteroatoms. The fourth-order valence-electron chi connectivity index (χ4n) is 2.31.